The van der Waals surface area contributed by atoms with E-state index < -0.39 is 15.9 Å². The summed E-state index contributed by atoms with van der Waals surface area (Å²) in [6, 6.07) is 19.1. The van der Waals surface area contributed by atoms with E-state index in [0.717, 1.165) is 25.5 Å². The quantitative estimate of drug-likeness (QED) is 0.519. The van der Waals surface area contributed by atoms with Gasteiger partial charge in [-0.2, -0.15) is 0 Å². The highest BCUT2D eigenvalue weighted by molar-refractivity contribution is 9.10. The number of carbonyl (C=O) groups is 1. The second-order valence-electron chi connectivity index (χ2n) is 7.12. The molecule has 3 rings (SSSR count). The normalized spacial score (nSPS) is 11.2. The molecule has 30 heavy (non-hydrogen) atoms. The molecular weight excluding hydrogens is 464 g/mol. The van der Waals surface area contributed by atoms with Gasteiger partial charge in [0, 0.05) is 10.2 Å². The maximum Gasteiger partial charge on any atom is 0.264 e. The predicted octanol–water partition coefficient (Wildman–Crippen LogP) is 5.21. The van der Waals surface area contributed by atoms with E-state index in [1.807, 2.05) is 39.0 Å². The van der Waals surface area contributed by atoms with Crippen LogP contribution in [0, 0.1) is 20.8 Å². The molecule has 0 aromatic heterocycles. The number of hydrogen-bond acceptors (Lipinski definition) is 3. The van der Waals surface area contributed by atoms with E-state index in [0.29, 0.717) is 11.4 Å². The van der Waals surface area contributed by atoms with Crippen LogP contribution in [0.25, 0.3) is 0 Å². The first-order valence-corrected chi connectivity index (χ1v) is 11.6. The van der Waals surface area contributed by atoms with Crippen molar-refractivity contribution in [2.75, 3.05) is 16.2 Å². The number of benzene rings is 3. The van der Waals surface area contributed by atoms with Gasteiger partial charge in [-0.05, 0) is 68.3 Å². The molecule has 0 unspecified atom stereocenters. The number of para-hydroxylation sites is 1. The molecule has 0 saturated carbocycles. The summed E-state index contributed by atoms with van der Waals surface area (Å²) in [5.41, 5.74) is 3.90. The number of aryl methyl sites for hydroxylation is 3. The molecule has 0 aliphatic heterocycles. The van der Waals surface area contributed by atoms with Crippen LogP contribution < -0.4 is 9.62 Å². The van der Waals surface area contributed by atoms with Gasteiger partial charge in [-0.15, -0.1) is 0 Å². The maximum absolute atomic E-state index is 13.4. The number of rotatable bonds is 6. The van der Waals surface area contributed by atoms with Crippen molar-refractivity contribution in [3.05, 3.63) is 87.9 Å². The van der Waals surface area contributed by atoms with E-state index in [1.165, 1.54) is 0 Å². The van der Waals surface area contributed by atoms with Crippen LogP contribution in [0.1, 0.15) is 16.7 Å². The van der Waals surface area contributed by atoms with Crippen molar-refractivity contribution in [3.8, 4) is 0 Å². The van der Waals surface area contributed by atoms with Crippen LogP contribution in [0.15, 0.2) is 76.1 Å². The molecule has 0 bridgehead atoms. The molecular formula is C23H23BrN2O3S. The topological polar surface area (TPSA) is 66.5 Å². The smallest absolute Gasteiger partial charge is 0.264 e. The fourth-order valence-electron chi connectivity index (χ4n) is 3.08. The van der Waals surface area contributed by atoms with E-state index in [9.17, 15) is 13.2 Å². The van der Waals surface area contributed by atoms with Crippen molar-refractivity contribution in [1.29, 1.82) is 0 Å². The molecule has 0 heterocycles. The Morgan fingerprint density at radius 3 is 2.03 bits per heavy atom. The predicted molar refractivity (Wildman–Crippen MR) is 124 cm³/mol. The third kappa shape index (κ3) is 4.91. The Morgan fingerprint density at radius 1 is 0.900 bits per heavy atom. The zero-order valence-corrected chi connectivity index (χ0v) is 19.4. The average Bonchev–Trinajstić information content (AvgIpc) is 2.70. The number of halogens is 1. The number of amides is 1. The van der Waals surface area contributed by atoms with E-state index >= 15 is 0 Å². The summed E-state index contributed by atoms with van der Waals surface area (Å²) in [7, 11) is -3.93. The lowest BCUT2D eigenvalue weighted by atomic mass is 10.1. The number of carbonyl (C=O) groups excluding carboxylic acids is 1. The average molecular weight is 487 g/mol. The van der Waals surface area contributed by atoms with Gasteiger partial charge >= 0.3 is 0 Å². The highest BCUT2D eigenvalue weighted by atomic mass is 79.9. The Balaban J connectivity index is 1.96. The Kier molecular flexibility index (Phi) is 6.63. The van der Waals surface area contributed by atoms with Crippen molar-refractivity contribution in [1.82, 2.24) is 0 Å². The molecule has 156 valence electrons. The van der Waals surface area contributed by atoms with Gasteiger partial charge in [0.2, 0.25) is 5.91 Å². The van der Waals surface area contributed by atoms with Crippen LogP contribution in [0.2, 0.25) is 0 Å². The summed E-state index contributed by atoms with van der Waals surface area (Å²) in [5, 5.41) is 2.87. The molecule has 0 saturated heterocycles. The van der Waals surface area contributed by atoms with Crippen LogP contribution in [0.3, 0.4) is 0 Å². The summed E-state index contributed by atoms with van der Waals surface area (Å²) >= 11 is 3.36. The number of nitrogens with one attached hydrogen (secondary N) is 1. The van der Waals surface area contributed by atoms with Crippen molar-refractivity contribution >= 4 is 43.2 Å². The van der Waals surface area contributed by atoms with Gasteiger partial charge in [-0.25, -0.2) is 8.42 Å². The molecule has 3 aromatic rings. The summed E-state index contributed by atoms with van der Waals surface area (Å²) in [6.45, 7) is 5.35. The second kappa shape index (κ2) is 9.02. The van der Waals surface area contributed by atoms with E-state index in [-0.39, 0.29) is 11.4 Å². The third-order valence-electron chi connectivity index (χ3n) is 4.76. The number of nitrogens with zero attached hydrogens (tertiary/aromatic N) is 1. The minimum absolute atomic E-state index is 0.135. The Morgan fingerprint density at radius 2 is 1.47 bits per heavy atom. The summed E-state index contributed by atoms with van der Waals surface area (Å²) in [4.78, 5) is 13.0. The van der Waals surface area contributed by atoms with Crippen LogP contribution in [0.4, 0.5) is 11.4 Å². The lowest BCUT2D eigenvalue weighted by Gasteiger charge is -2.24. The standard InChI is InChI=1S/C23H23BrN2O3S/c1-16-7-13-21(14-8-16)30(28,29)26(20-11-9-19(24)10-12-20)15-22(27)25-23-17(2)5-4-6-18(23)3/h4-14H,15H2,1-3H3,(H,25,27). The van der Waals surface area contributed by atoms with Gasteiger partial charge in [0.1, 0.15) is 6.54 Å². The summed E-state index contributed by atoms with van der Waals surface area (Å²) in [5.74, 6) is -0.411. The number of sulfonamides is 1. The van der Waals surface area contributed by atoms with Gasteiger partial charge in [-0.3, -0.25) is 9.10 Å². The van der Waals surface area contributed by atoms with E-state index in [4.69, 9.17) is 0 Å². The van der Waals surface area contributed by atoms with Crippen molar-refractivity contribution < 1.29 is 13.2 Å². The molecule has 0 fully saturated rings. The van der Waals surface area contributed by atoms with Gasteiger partial charge in [-0.1, -0.05) is 51.8 Å². The van der Waals surface area contributed by atoms with E-state index in [1.54, 1.807) is 48.5 Å². The third-order valence-corrected chi connectivity index (χ3v) is 7.07. The highest BCUT2D eigenvalue weighted by Gasteiger charge is 2.27. The largest absolute Gasteiger partial charge is 0.324 e. The SMILES string of the molecule is Cc1ccc(S(=O)(=O)N(CC(=O)Nc2c(C)cccc2C)c2ccc(Br)cc2)cc1. The molecule has 7 heteroatoms. The lowest BCUT2D eigenvalue weighted by Crippen LogP contribution is -2.38. The fourth-order valence-corrected chi connectivity index (χ4v) is 4.77. The minimum Gasteiger partial charge on any atom is -0.324 e. The van der Waals surface area contributed by atoms with Crippen molar-refractivity contribution in [2.24, 2.45) is 0 Å². The first kappa shape index (κ1) is 22.1. The van der Waals surface area contributed by atoms with Crippen LogP contribution >= 0.6 is 15.9 Å². The van der Waals surface area contributed by atoms with E-state index in [2.05, 4.69) is 21.2 Å². The lowest BCUT2D eigenvalue weighted by molar-refractivity contribution is -0.114. The number of anilines is 2. The molecule has 0 aliphatic rings. The molecule has 3 aromatic carbocycles. The highest BCUT2D eigenvalue weighted by Crippen LogP contribution is 2.26. The first-order chi connectivity index (χ1) is 14.2. The van der Waals surface area contributed by atoms with Crippen LogP contribution in [-0.2, 0) is 14.8 Å². The molecule has 0 atom stereocenters. The molecule has 5 nitrogen and oxygen atoms in total. The summed E-state index contributed by atoms with van der Waals surface area (Å²) in [6.07, 6.45) is 0. The fraction of sp³-hybridized carbons (Fsp3) is 0.174. The monoisotopic (exact) mass is 486 g/mol. The molecule has 0 aliphatic carbocycles. The zero-order chi connectivity index (χ0) is 21.9. The second-order valence-corrected chi connectivity index (χ2v) is 9.89. The molecule has 0 radical (unpaired) electrons. The van der Waals surface area contributed by atoms with Crippen molar-refractivity contribution in [2.45, 2.75) is 25.7 Å². The minimum atomic E-state index is -3.93. The van der Waals surface area contributed by atoms with Crippen LogP contribution in [0.5, 0.6) is 0 Å². The molecule has 0 spiro atoms. The van der Waals surface area contributed by atoms with Gasteiger partial charge in [0.15, 0.2) is 0 Å². The Labute approximate surface area is 185 Å². The summed E-state index contributed by atoms with van der Waals surface area (Å²) < 4.78 is 28.7. The van der Waals surface area contributed by atoms with Crippen molar-refractivity contribution in [3.63, 3.8) is 0 Å². The molecule has 1 N–H and O–H groups in total. The first-order valence-electron chi connectivity index (χ1n) is 9.39. The molecule has 1 amide bonds. The van der Waals surface area contributed by atoms with Gasteiger partial charge < -0.3 is 5.32 Å². The Bertz CT molecular complexity index is 1140. The van der Waals surface area contributed by atoms with Gasteiger partial charge in [0.25, 0.3) is 10.0 Å². The van der Waals surface area contributed by atoms with Gasteiger partial charge in [0.05, 0.1) is 10.6 Å². The van der Waals surface area contributed by atoms with Crippen LogP contribution in [-0.4, -0.2) is 20.9 Å². The Hall–Kier alpha value is -2.64. The number of hydrogen-bond donors (Lipinski definition) is 1. The maximum atomic E-state index is 13.4. The zero-order valence-electron chi connectivity index (χ0n) is 17.0.